The average Bonchev–Trinajstić information content (AvgIpc) is 3.13. The van der Waals surface area contributed by atoms with E-state index < -0.39 is 11.9 Å². The zero-order chi connectivity index (χ0) is 23.8. The highest BCUT2D eigenvalue weighted by Crippen LogP contribution is 2.27. The fourth-order valence-corrected chi connectivity index (χ4v) is 4.42. The second-order valence-electron chi connectivity index (χ2n) is 8.52. The highest BCUT2D eigenvalue weighted by atomic mass is 16.7. The summed E-state index contributed by atoms with van der Waals surface area (Å²) in [6, 6.07) is 17.7. The topological polar surface area (TPSA) is 107 Å². The van der Waals surface area contributed by atoms with Crippen molar-refractivity contribution < 1.29 is 29.4 Å². The van der Waals surface area contributed by atoms with Gasteiger partial charge >= 0.3 is 11.9 Å². The van der Waals surface area contributed by atoms with Crippen molar-refractivity contribution in [2.75, 3.05) is 0 Å². The third kappa shape index (κ3) is 4.28. The molecule has 2 N–H and O–H groups in total. The van der Waals surface area contributed by atoms with Crippen molar-refractivity contribution in [3.63, 3.8) is 0 Å². The van der Waals surface area contributed by atoms with Gasteiger partial charge in [0.25, 0.3) is 5.91 Å². The van der Waals surface area contributed by atoms with Crippen molar-refractivity contribution in [1.29, 1.82) is 0 Å². The number of rotatable bonds is 6. The van der Waals surface area contributed by atoms with E-state index in [9.17, 15) is 19.5 Å². The second kappa shape index (κ2) is 8.74. The molecule has 0 unspecified atom stereocenters. The lowest BCUT2D eigenvalue weighted by atomic mass is 10.0. The van der Waals surface area contributed by atoms with Crippen molar-refractivity contribution in [2.24, 2.45) is 0 Å². The van der Waals surface area contributed by atoms with E-state index in [0.717, 1.165) is 27.8 Å². The third-order valence-corrected chi connectivity index (χ3v) is 6.16. The molecule has 0 saturated carbocycles. The van der Waals surface area contributed by atoms with Crippen LogP contribution in [0, 0.1) is 0 Å². The van der Waals surface area contributed by atoms with E-state index in [1.165, 1.54) is 12.1 Å². The monoisotopic (exact) mass is 458 g/mol. The zero-order valence-corrected chi connectivity index (χ0v) is 18.2. The third-order valence-electron chi connectivity index (χ3n) is 6.16. The number of hydrogen-bond acceptors (Lipinski definition) is 5. The van der Waals surface area contributed by atoms with Gasteiger partial charge in [-0.1, -0.05) is 36.4 Å². The van der Waals surface area contributed by atoms with Crippen LogP contribution in [0.25, 0.3) is 0 Å². The predicted octanol–water partition coefficient (Wildman–Crippen LogP) is 3.69. The summed E-state index contributed by atoms with van der Waals surface area (Å²) in [5.74, 6) is -2.17. The maximum absolute atomic E-state index is 12.8. The van der Waals surface area contributed by atoms with Gasteiger partial charge in [-0.15, -0.1) is 0 Å². The van der Waals surface area contributed by atoms with E-state index in [2.05, 4.69) is 0 Å². The number of carbonyl (C=O) groups is 3. The average molecular weight is 458 g/mol. The van der Waals surface area contributed by atoms with Gasteiger partial charge in [0.15, 0.2) is 0 Å². The van der Waals surface area contributed by atoms with Crippen LogP contribution in [-0.2, 0) is 37.6 Å². The number of hydroxylamine groups is 2. The molecule has 0 aliphatic carbocycles. The molecule has 172 valence electrons. The molecule has 0 radical (unpaired) electrons. The number of nitrogens with zero attached hydrogens (tertiary/aromatic N) is 2. The van der Waals surface area contributed by atoms with Crippen molar-refractivity contribution in [3.8, 4) is 0 Å². The quantitative estimate of drug-likeness (QED) is 0.580. The summed E-state index contributed by atoms with van der Waals surface area (Å²) < 4.78 is 0. The minimum absolute atomic E-state index is 0.109. The highest BCUT2D eigenvalue weighted by Gasteiger charge is 2.28. The predicted molar refractivity (Wildman–Crippen MR) is 121 cm³/mol. The van der Waals surface area contributed by atoms with E-state index in [0.29, 0.717) is 38.3 Å². The summed E-state index contributed by atoms with van der Waals surface area (Å²) in [6.45, 7) is 2.28. The molecule has 0 spiro atoms. The molecule has 0 atom stereocenters. The maximum Gasteiger partial charge on any atom is 0.335 e. The molecule has 2 aliphatic heterocycles. The molecule has 0 fully saturated rings. The number of carbonyl (C=O) groups excluding carboxylic acids is 1. The Labute approximate surface area is 195 Å². The van der Waals surface area contributed by atoms with Gasteiger partial charge in [0.2, 0.25) is 0 Å². The first-order chi connectivity index (χ1) is 16.4. The van der Waals surface area contributed by atoms with Crippen LogP contribution in [0.4, 0.5) is 0 Å². The van der Waals surface area contributed by atoms with Gasteiger partial charge in [-0.2, -0.15) is 5.06 Å². The number of benzene rings is 3. The van der Waals surface area contributed by atoms with Crippen molar-refractivity contribution in [2.45, 2.75) is 32.8 Å². The number of carboxylic acids is 2. The fourth-order valence-electron chi connectivity index (χ4n) is 4.42. The normalized spacial score (nSPS) is 15.2. The van der Waals surface area contributed by atoms with Gasteiger partial charge < -0.3 is 15.1 Å². The van der Waals surface area contributed by atoms with Crippen LogP contribution in [0.2, 0.25) is 0 Å². The van der Waals surface area contributed by atoms with Crippen LogP contribution < -0.4 is 0 Å². The Bertz CT molecular complexity index is 1320. The number of carboxylic acid groups (broad SMARTS) is 2. The van der Waals surface area contributed by atoms with Crippen molar-refractivity contribution in [3.05, 3.63) is 105 Å². The number of aromatic carboxylic acids is 2. The first-order valence-electron chi connectivity index (χ1n) is 10.8. The number of fused-ring (bicyclic) bond motifs is 2. The molecule has 8 heteroatoms. The van der Waals surface area contributed by atoms with Gasteiger partial charge in [0, 0.05) is 31.7 Å². The van der Waals surface area contributed by atoms with Crippen molar-refractivity contribution >= 4 is 17.8 Å². The lowest BCUT2D eigenvalue weighted by Gasteiger charge is -2.28. The van der Waals surface area contributed by atoms with Crippen LogP contribution in [0.3, 0.4) is 0 Å². The number of hydrogen-bond donors (Lipinski definition) is 2. The van der Waals surface area contributed by atoms with Crippen molar-refractivity contribution in [1.82, 2.24) is 9.96 Å². The molecular weight excluding hydrogens is 436 g/mol. The first-order valence-corrected chi connectivity index (χ1v) is 10.8. The Kier molecular flexibility index (Phi) is 5.61. The molecule has 0 saturated heterocycles. The SMILES string of the molecule is O=C(O)c1ccc2c(c1)CON(Cc1cccc(CN3Cc4ccc(C(=O)O)cc4C3=O)c1)C2. The van der Waals surface area contributed by atoms with Crippen LogP contribution >= 0.6 is 0 Å². The first kappa shape index (κ1) is 21.8. The van der Waals surface area contributed by atoms with E-state index >= 15 is 0 Å². The molecular formula is C26H22N2O6. The lowest BCUT2D eigenvalue weighted by Crippen LogP contribution is -2.28. The fraction of sp³-hybridized carbons (Fsp3) is 0.192. The maximum atomic E-state index is 12.8. The molecule has 2 heterocycles. The minimum Gasteiger partial charge on any atom is -0.478 e. The highest BCUT2D eigenvalue weighted by molar-refractivity contribution is 6.00. The largest absolute Gasteiger partial charge is 0.478 e. The molecule has 1 amide bonds. The van der Waals surface area contributed by atoms with Gasteiger partial charge in [-0.25, -0.2) is 9.59 Å². The van der Waals surface area contributed by atoms with E-state index in [-0.39, 0.29) is 17.0 Å². The van der Waals surface area contributed by atoms with Gasteiger partial charge in [-0.3, -0.25) is 9.63 Å². The zero-order valence-electron chi connectivity index (χ0n) is 18.2. The smallest absolute Gasteiger partial charge is 0.335 e. The van der Waals surface area contributed by atoms with Crippen LogP contribution in [-0.4, -0.2) is 38.0 Å². The molecule has 34 heavy (non-hydrogen) atoms. The Morgan fingerprint density at radius 3 is 2.21 bits per heavy atom. The van der Waals surface area contributed by atoms with Crippen LogP contribution in [0.15, 0.2) is 60.7 Å². The number of amides is 1. The summed E-state index contributed by atoms with van der Waals surface area (Å²) in [4.78, 5) is 42.8. The molecule has 0 bridgehead atoms. The molecule has 2 aliphatic rings. The summed E-state index contributed by atoms with van der Waals surface area (Å²) >= 11 is 0. The standard InChI is InChI=1S/C26H22N2O6/c29-24-23-10-19(26(32)33)5-7-21(23)13-27(24)11-16-2-1-3-17(8-16)12-28-14-20-6-4-18(25(30)31)9-22(20)15-34-28/h1-10H,11-15H2,(H,30,31)(H,32,33). The van der Waals surface area contributed by atoms with E-state index in [1.54, 1.807) is 23.1 Å². The van der Waals surface area contributed by atoms with Gasteiger partial charge in [-0.05, 0) is 52.1 Å². The summed E-state index contributed by atoms with van der Waals surface area (Å²) in [5, 5.41) is 20.2. The molecule has 3 aromatic rings. The molecule has 8 nitrogen and oxygen atoms in total. The summed E-state index contributed by atoms with van der Waals surface area (Å²) in [5.41, 5.74) is 5.55. The Balaban J connectivity index is 1.25. The van der Waals surface area contributed by atoms with Crippen LogP contribution in [0.1, 0.15) is 58.9 Å². The molecule has 0 aromatic heterocycles. The molecule has 3 aromatic carbocycles. The molecule has 5 rings (SSSR count). The van der Waals surface area contributed by atoms with E-state index in [4.69, 9.17) is 9.94 Å². The van der Waals surface area contributed by atoms with Crippen LogP contribution in [0.5, 0.6) is 0 Å². The lowest BCUT2D eigenvalue weighted by molar-refractivity contribution is -0.194. The second-order valence-corrected chi connectivity index (χ2v) is 8.52. The Morgan fingerprint density at radius 1 is 0.794 bits per heavy atom. The Hall–Kier alpha value is -4.01. The van der Waals surface area contributed by atoms with Gasteiger partial charge in [0.1, 0.15) is 0 Å². The Morgan fingerprint density at radius 2 is 1.47 bits per heavy atom. The van der Waals surface area contributed by atoms with E-state index in [1.807, 2.05) is 35.4 Å². The van der Waals surface area contributed by atoms with Gasteiger partial charge in [0.05, 0.1) is 17.7 Å². The summed E-state index contributed by atoms with van der Waals surface area (Å²) in [7, 11) is 0. The minimum atomic E-state index is -1.05. The summed E-state index contributed by atoms with van der Waals surface area (Å²) in [6.07, 6.45) is 0.